The molecule has 0 aliphatic carbocycles. The third kappa shape index (κ3) is 4.69. The van der Waals surface area contributed by atoms with Crippen molar-refractivity contribution in [3.63, 3.8) is 0 Å². The van der Waals surface area contributed by atoms with E-state index in [4.69, 9.17) is 0 Å². The van der Waals surface area contributed by atoms with Gasteiger partial charge in [0, 0.05) is 10.6 Å². The molecular formula is C22H23NO3S2. The maximum Gasteiger partial charge on any atom is 0.290 e. The van der Waals surface area contributed by atoms with Gasteiger partial charge in [0.1, 0.15) is 0 Å². The summed E-state index contributed by atoms with van der Waals surface area (Å²) in [7, 11) is -7.26. The van der Waals surface area contributed by atoms with Crippen molar-refractivity contribution in [3.8, 4) is 0 Å². The molecule has 4 nitrogen and oxygen atoms in total. The van der Waals surface area contributed by atoms with E-state index in [0.717, 1.165) is 11.1 Å². The molecule has 2 atom stereocenters. The zero-order valence-electron chi connectivity index (χ0n) is 15.9. The summed E-state index contributed by atoms with van der Waals surface area (Å²) in [5, 5.41) is 0. The zero-order chi connectivity index (χ0) is 20.2. The summed E-state index contributed by atoms with van der Waals surface area (Å²) in [5.74, 6) is -0.00238. The Morgan fingerprint density at radius 3 is 1.86 bits per heavy atom. The van der Waals surface area contributed by atoms with Crippen molar-refractivity contribution in [2.24, 2.45) is 3.77 Å². The Morgan fingerprint density at radius 2 is 1.29 bits per heavy atom. The van der Waals surface area contributed by atoms with Gasteiger partial charge in [0.2, 0.25) is 0 Å². The lowest BCUT2D eigenvalue weighted by Gasteiger charge is -2.16. The summed E-state index contributed by atoms with van der Waals surface area (Å²) in [6, 6.07) is 24.7. The number of aryl methyl sites for hydroxylation is 1. The summed E-state index contributed by atoms with van der Waals surface area (Å²) in [4.78, 5) is 0.475. The van der Waals surface area contributed by atoms with E-state index in [2.05, 4.69) is 3.77 Å². The maximum atomic E-state index is 13.9. The van der Waals surface area contributed by atoms with Gasteiger partial charge in [0.05, 0.1) is 14.6 Å². The standard InChI is InChI=1S/C22H23NO3S2/c1-18-13-15-22(16-14-18)28(25,26)23-27(24,21-11-7-4-8-12-21)17-19(2)20-9-5-3-6-10-20/h3-16,19H,17H2,1-2H3. The van der Waals surface area contributed by atoms with Crippen LogP contribution >= 0.6 is 0 Å². The Hall–Kier alpha value is -2.44. The molecule has 146 valence electrons. The van der Waals surface area contributed by atoms with Gasteiger partial charge in [-0.3, -0.25) is 0 Å². The van der Waals surface area contributed by atoms with Crippen molar-refractivity contribution in [1.82, 2.24) is 0 Å². The number of benzene rings is 3. The molecule has 0 fully saturated rings. The average molecular weight is 414 g/mol. The highest BCUT2D eigenvalue weighted by molar-refractivity contribution is 8.03. The molecule has 0 amide bonds. The summed E-state index contributed by atoms with van der Waals surface area (Å²) in [5.41, 5.74) is 1.94. The smallest absolute Gasteiger partial charge is 0.244 e. The topological polar surface area (TPSA) is 63.6 Å². The van der Waals surface area contributed by atoms with Crippen LogP contribution in [0.25, 0.3) is 0 Å². The predicted octanol–water partition coefficient (Wildman–Crippen LogP) is 5.01. The largest absolute Gasteiger partial charge is 0.290 e. The molecule has 0 N–H and O–H groups in total. The van der Waals surface area contributed by atoms with E-state index < -0.39 is 19.8 Å². The normalized spacial score (nSPS) is 14.8. The highest BCUT2D eigenvalue weighted by Crippen LogP contribution is 2.26. The molecule has 0 aliphatic rings. The Bertz CT molecular complexity index is 1150. The van der Waals surface area contributed by atoms with Gasteiger partial charge in [-0.25, -0.2) is 4.21 Å². The number of rotatable bonds is 6. The first-order chi connectivity index (χ1) is 13.3. The summed E-state index contributed by atoms with van der Waals surface area (Å²) in [6.45, 7) is 3.81. The van der Waals surface area contributed by atoms with Crippen LogP contribution < -0.4 is 0 Å². The van der Waals surface area contributed by atoms with E-state index >= 15 is 0 Å². The molecule has 0 saturated carbocycles. The van der Waals surface area contributed by atoms with Crippen LogP contribution in [0.2, 0.25) is 0 Å². The molecule has 0 aromatic heterocycles. The van der Waals surface area contributed by atoms with Crippen LogP contribution in [-0.2, 0) is 19.8 Å². The monoisotopic (exact) mass is 413 g/mol. The Morgan fingerprint density at radius 1 is 0.750 bits per heavy atom. The molecule has 28 heavy (non-hydrogen) atoms. The van der Waals surface area contributed by atoms with Crippen LogP contribution in [0.4, 0.5) is 0 Å². The molecule has 2 unspecified atom stereocenters. The van der Waals surface area contributed by atoms with E-state index in [1.807, 2.05) is 44.2 Å². The minimum absolute atomic E-state index is 0.0501. The van der Waals surface area contributed by atoms with Crippen molar-refractivity contribution < 1.29 is 12.6 Å². The molecule has 0 spiro atoms. The van der Waals surface area contributed by atoms with Gasteiger partial charge >= 0.3 is 0 Å². The minimum Gasteiger partial charge on any atom is -0.244 e. The van der Waals surface area contributed by atoms with Crippen molar-refractivity contribution in [1.29, 1.82) is 0 Å². The fraction of sp³-hybridized carbons (Fsp3) is 0.182. The quantitative estimate of drug-likeness (QED) is 0.570. The average Bonchev–Trinajstić information content (AvgIpc) is 2.69. The van der Waals surface area contributed by atoms with Gasteiger partial charge < -0.3 is 0 Å². The first-order valence-electron chi connectivity index (χ1n) is 8.98. The van der Waals surface area contributed by atoms with E-state index in [9.17, 15) is 12.6 Å². The molecule has 0 bridgehead atoms. The van der Waals surface area contributed by atoms with Crippen molar-refractivity contribution in [2.45, 2.75) is 29.6 Å². The van der Waals surface area contributed by atoms with Gasteiger partial charge in [-0.1, -0.05) is 73.2 Å². The third-order valence-corrected chi connectivity index (χ3v) is 9.07. The van der Waals surface area contributed by atoms with Crippen LogP contribution in [0.1, 0.15) is 24.0 Å². The van der Waals surface area contributed by atoms with E-state index in [1.54, 1.807) is 42.5 Å². The van der Waals surface area contributed by atoms with Crippen LogP contribution in [0.15, 0.2) is 98.5 Å². The molecule has 3 aromatic carbocycles. The molecule has 0 aliphatic heterocycles. The van der Waals surface area contributed by atoms with Crippen LogP contribution in [0.5, 0.6) is 0 Å². The first-order valence-corrected chi connectivity index (χ1v) is 12.1. The highest BCUT2D eigenvalue weighted by atomic mass is 32.3. The fourth-order valence-corrected chi connectivity index (χ4v) is 7.26. The lowest BCUT2D eigenvalue weighted by atomic mass is 10.0. The number of sulfonamides is 1. The fourth-order valence-electron chi connectivity index (χ4n) is 2.93. The number of hydrogen-bond acceptors (Lipinski definition) is 3. The second-order valence-corrected chi connectivity index (χ2v) is 10.9. The van der Waals surface area contributed by atoms with Gasteiger partial charge in [-0.15, -0.1) is 3.77 Å². The lowest BCUT2D eigenvalue weighted by molar-refractivity contribution is 0.597. The highest BCUT2D eigenvalue weighted by Gasteiger charge is 2.23. The van der Waals surface area contributed by atoms with Gasteiger partial charge in [-0.05, 0) is 42.7 Å². The van der Waals surface area contributed by atoms with E-state index in [-0.39, 0.29) is 16.6 Å². The van der Waals surface area contributed by atoms with Gasteiger partial charge in [0.15, 0.2) is 0 Å². The van der Waals surface area contributed by atoms with Crippen LogP contribution in [-0.4, -0.2) is 18.4 Å². The zero-order valence-corrected chi connectivity index (χ0v) is 17.5. The second kappa shape index (κ2) is 8.29. The SMILES string of the molecule is Cc1ccc(S(=O)(=O)N=S(=O)(CC(C)c2ccccc2)c2ccccc2)cc1. The maximum absolute atomic E-state index is 13.9. The lowest BCUT2D eigenvalue weighted by Crippen LogP contribution is -2.15. The van der Waals surface area contributed by atoms with Crippen molar-refractivity contribution in [3.05, 3.63) is 96.1 Å². The molecule has 6 heteroatoms. The Kier molecular flexibility index (Phi) is 6.01. The molecule has 3 aromatic rings. The van der Waals surface area contributed by atoms with Crippen LogP contribution in [0.3, 0.4) is 0 Å². The minimum atomic E-state index is -4.06. The molecule has 3 rings (SSSR count). The molecule has 0 radical (unpaired) electrons. The Labute approximate surface area is 167 Å². The van der Waals surface area contributed by atoms with Gasteiger partial charge in [0.25, 0.3) is 10.0 Å². The molecular weight excluding hydrogens is 390 g/mol. The number of nitrogens with zero attached hydrogens (tertiary/aromatic N) is 1. The van der Waals surface area contributed by atoms with E-state index in [0.29, 0.717) is 4.90 Å². The summed E-state index contributed by atoms with van der Waals surface area (Å²) >= 11 is 0. The van der Waals surface area contributed by atoms with Gasteiger partial charge in [-0.2, -0.15) is 8.42 Å². The summed E-state index contributed by atoms with van der Waals surface area (Å²) in [6.07, 6.45) is 0. The third-order valence-electron chi connectivity index (χ3n) is 4.49. The van der Waals surface area contributed by atoms with Crippen molar-refractivity contribution in [2.75, 3.05) is 5.75 Å². The number of hydrogen-bond donors (Lipinski definition) is 0. The van der Waals surface area contributed by atoms with Crippen LogP contribution in [0, 0.1) is 6.92 Å². The summed E-state index contributed by atoms with van der Waals surface area (Å²) < 4.78 is 43.7. The second-order valence-electron chi connectivity index (χ2n) is 6.79. The first kappa shape index (κ1) is 20.3. The molecule has 0 heterocycles. The molecule has 0 saturated heterocycles. The predicted molar refractivity (Wildman–Crippen MR) is 113 cm³/mol. The van der Waals surface area contributed by atoms with E-state index in [1.165, 1.54) is 12.1 Å². The van der Waals surface area contributed by atoms with Crippen molar-refractivity contribution >= 4 is 19.8 Å². The Balaban J connectivity index is 2.10.